The molecule has 1 N–H and O–H groups in total. The molecule has 0 unspecified atom stereocenters. The number of benzene rings is 1. The van der Waals surface area contributed by atoms with Crippen molar-refractivity contribution in [3.8, 4) is 11.1 Å². The summed E-state index contributed by atoms with van der Waals surface area (Å²) in [5.74, 6) is 0.251. The van der Waals surface area contributed by atoms with Crippen LogP contribution in [0.15, 0.2) is 42.6 Å². The van der Waals surface area contributed by atoms with E-state index in [1.165, 1.54) is 12.6 Å². The lowest BCUT2D eigenvalue weighted by molar-refractivity contribution is 0.0691. The summed E-state index contributed by atoms with van der Waals surface area (Å²) in [6.07, 6.45) is 10.6. The van der Waals surface area contributed by atoms with Crippen LogP contribution in [0.5, 0.6) is 0 Å². The number of hydrogen-bond donors (Lipinski definition) is 1. The minimum absolute atomic E-state index is 0.0387. The van der Waals surface area contributed by atoms with E-state index in [0.29, 0.717) is 17.8 Å². The molecule has 4 rings (SSSR count). The van der Waals surface area contributed by atoms with Crippen LogP contribution in [0.4, 0.5) is 0 Å². The van der Waals surface area contributed by atoms with Crippen LogP contribution in [0.25, 0.3) is 11.1 Å². The van der Waals surface area contributed by atoms with Gasteiger partial charge in [-0.3, -0.25) is 4.79 Å². The van der Waals surface area contributed by atoms with Crippen molar-refractivity contribution in [2.45, 2.75) is 71.3 Å². The molecule has 1 fully saturated rings. The number of hydrogen-bond acceptors (Lipinski definition) is 5. The van der Waals surface area contributed by atoms with Gasteiger partial charge in [0.05, 0.1) is 0 Å². The highest BCUT2D eigenvalue weighted by Gasteiger charge is 2.26. The summed E-state index contributed by atoms with van der Waals surface area (Å²) in [5.41, 5.74) is 2.46. The minimum atomic E-state index is -1.05. The van der Waals surface area contributed by atoms with E-state index < -0.39 is 5.97 Å². The quantitative estimate of drug-likeness (QED) is 0.313. The molecule has 7 heteroatoms. The standard InChI is InChI=1S/C27H32N4O3/c1-2-3-7-17-31-23(29-26(30-31)25(32)21-9-5-4-6-10-21)18-19-12-14-20(15-13-19)22-11-8-16-28-24(22)27(33)34/h8,11-16,21H,2-7,9-10,17-18H2,1H3,(H,33,34). The minimum Gasteiger partial charge on any atom is -0.476 e. The Hall–Kier alpha value is -3.35. The average Bonchev–Trinajstić information content (AvgIpc) is 3.27. The van der Waals surface area contributed by atoms with Gasteiger partial charge in [0.2, 0.25) is 11.6 Å². The maximum absolute atomic E-state index is 13.0. The first-order valence-electron chi connectivity index (χ1n) is 12.3. The smallest absolute Gasteiger partial charge is 0.355 e. The first kappa shape index (κ1) is 23.8. The largest absolute Gasteiger partial charge is 0.476 e. The maximum atomic E-state index is 13.0. The van der Waals surface area contributed by atoms with Crippen LogP contribution < -0.4 is 0 Å². The van der Waals surface area contributed by atoms with Gasteiger partial charge < -0.3 is 5.11 Å². The van der Waals surface area contributed by atoms with Gasteiger partial charge in [-0.05, 0) is 36.5 Å². The van der Waals surface area contributed by atoms with Crippen molar-refractivity contribution in [1.29, 1.82) is 0 Å². The third-order valence-electron chi connectivity index (χ3n) is 6.56. The highest BCUT2D eigenvalue weighted by Crippen LogP contribution is 2.27. The van der Waals surface area contributed by atoms with E-state index in [1.807, 2.05) is 28.9 Å². The normalized spacial score (nSPS) is 14.3. The molecule has 0 amide bonds. The lowest BCUT2D eigenvalue weighted by Crippen LogP contribution is -2.19. The summed E-state index contributed by atoms with van der Waals surface area (Å²) >= 11 is 0. The molecule has 7 nitrogen and oxygen atoms in total. The molecule has 0 radical (unpaired) electrons. The number of aromatic nitrogens is 4. The summed E-state index contributed by atoms with van der Waals surface area (Å²) < 4.78 is 1.91. The first-order valence-corrected chi connectivity index (χ1v) is 12.3. The molecule has 34 heavy (non-hydrogen) atoms. The Balaban J connectivity index is 1.55. The number of Topliss-reactive ketones (excluding diaryl/α,β-unsaturated/α-hetero) is 1. The number of pyridine rings is 1. The molecule has 0 aliphatic heterocycles. The number of carbonyl (C=O) groups is 2. The van der Waals surface area contributed by atoms with Crippen molar-refractivity contribution in [1.82, 2.24) is 19.7 Å². The van der Waals surface area contributed by atoms with Crippen molar-refractivity contribution in [2.75, 3.05) is 0 Å². The fraction of sp³-hybridized carbons (Fsp3) is 0.444. The number of carboxylic acid groups (broad SMARTS) is 1. The Morgan fingerprint density at radius 1 is 1.06 bits per heavy atom. The first-order chi connectivity index (χ1) is 16.6. The Bertz CT molecular complexity index is 1130. The highest BCUT2D eigenvalue weighted by atomic mass is 16.4. The predicted octanol–water partition coefficient (Wildman–Crippen LogP) is 5.58. The summed E-state index contributed by atoms with van der Waals surface area (Å²) in [7, 11) is 0. The SMILES string of the molecule is CCCCCn1nc(C(=O)C2CCCCC2)nc1Cc1ccc(-c2cccnc2C(=O)O)cc1. The molecule has 178 valence electrons. The number of carbonyl (C=O) groups excluding carboxylic acids is 1. The van der Waals surface area contributed by atoms with Gasteiger partial charge in [0.25, 0.3) is 0 Å². The summed E-state index contributed by atoms with van der Waals surface area (Å²) in [5, 5.41) is 14.1. The molecule has 1 saturated carbocycles. The van der Waals surface area contributed by atoms with Crippen molar-refractivity contribution in [3.05, 3.63) is 65.5 Å². The highest BCUT2D eigenvalue weighted by molar-refractivity contribution is 5.94. The zero-order valence-corrected chi connectivity index (χ0v) is 19.7. The number of ketones is 1. The van der Waals surface area contributed by atoms with E-state index in [2.05, 4.69) is 17.0 Å². The second-order valence-electron chi connectivity index (χ2n) is 9.06. The van der Waals surface area contributed by atoms with Crippen LogP contribution in [-0.4, -0.2) is 36.6 Å². The van der Waals surface area contributed by atoms with Crippen LogP contribution in [0.3, 0.4) is 0 Å². The second-order valence-corrected chi connectivity index (χ2v) is 9.06. The van der Waals surface area contributed by atoms with Crippen LogP contribution in [0, 0.1) is 5.92 Å². The van der Waals surface area contributed by atoms with Gasteiger partial charge in [-0.1, -0.05) is 69.4 Å². The molecule has 0 saturated heterocycles. The number of carboxylic acids is 1. The summed E-state index contributed by atoms with van der Waals surface area (Å²) in [6.45, 7) is 2.92. The van der Waals surface area contributed by atoms with Gasteiger partial charge in [-0.15, -0.1) is 5.10 Å². The molecule has 0 bridgehead atoms. The Kier molecular flexibility index (Phi) is 7.83. The van der Waals surface area contributed by atoms with Crippen molar-refractivity contribution < 1.29 is 14.7 Å². The third-order valence-corrected chi connectivity index (χ3v) is 6.56. The van der Waals surface area contributed by atoms with E-state index in [9.17, 15) is 14.7 Å². The number of rotatable bonds is 10. The molecule has 0 spiro atoms. The molecule has 2 heterocycles. The van der Waals surface area contributed by atoms with Crippen LogP contribution in [0.1, 0.15) is 90.8 Å². The monoisotopic (exact) mass is 460 g/mol. The van der Waals surface area contributed by atoms with Crippen LogP contribution >= 0.6 is 0 Å². The molecule has 1 aromatic carbocycles. The van der Waals surface area contributed by atoms with Crippen LogP contribution in [-0.2, 0) is 13.0 Å². The molecule has 2 aromatic heterocycles. The number of nitrogens with zero attached hydrogens (tertiary/aromatic N) is 4. The fourth-order valence-electron chi connectivity index (χ4n) is 4.64. The van der Waals surface area contributed by atoms with Gasteiger partial charge in [-0.25, -0.2) is 19.4 Å². The number of unbranched alkanes of at least 4 members (excludes halogenated alkanes) is 2. The van der Waals surface area contributed by atoms with Crippen molar-refractivity contribution in [3.63, 3.8) is 0 Å². The lowest BCUT2D eigenvalue weighted by atomic mass is 9.86. The van der Waals surface area contributed by atoms with Gasteiger partial charge in [0, 0.05) is 30.6 Å². The average molecular weight is 461 g/mol. The Labute approximate surface area is 200 Å². The molecule has 3 aromatic rings. The molecule has 0 atom stereocenters. The van der Waals surface area contributed by atoms with E-state index in [-0.39, 0.29) is 17.4 Å². The van der Waals surface area contributed by atoms with Crippen molar-refractivity contribution >= 4 is 11.8 Å². The second kappa shape index (κ2) is 11.2. The number of aryl methyl sites for hydroxylation is 1. The van der Waals surface area contributed by atoms with Gasteiger partial charge in [0.15, 0.2) is 5.69 Å². The zero-order chi connectivity index (χ0) is 23.9. The lowest BCUT2D eigenvalue weighted by Gasteiger charge is -2.18. The molecule has 1 aliphatic rings. The predicted molar refractivity (Wildman–Crippen MR) is 130 cm³/mol. The summed E-state index contributed by atoms with van der Waals surface area (Å²) in [6, 6.07) is 11.3. The maximum Gasteiger partial charge on any atom is 0.355 e. The Morgan fingerprint density at radius 2 is 1.82 bits per heavy atom. The van der Waals surface area contributed by atoms with E-state index >= 15 is 0 Å². The molecular formula is C27H32N4O3. The fourth-order valence-corrected chi connectivity index (χ4v) is 4.64. The topological polar surface area (TPSA) is 98.0 Å². The van der Waals surface area contributed by atoms with Gasteiger partial charge in [0.1, 0.15) is 5.82 Å². The number of aromatic carboxylic acids is 1. The zero-order valence-electron chi connectivity index (χ0n) is 19.7. The third kappa shape index (κ3) is 5.58. The van der Waals surface area contributed by atoms with Crippen molar-refractivity contribution in [2.24, 2.45) is 5.92 Å². The molecular weight excluding hydrogens is 428 g/mol. The van der Waals surface area contributed by atoms with Gasteiger partial charge in [-0.2, -0.15) is 0 Å². The summed E-state index contributed by atoms with van der Waals surface area (Å²) in [4.78, 5) is 33.2. The van der Waals surface area contributed by atoms with E-state index in [0.717, 1.165) is 68.4 Å². The molecule has 1 aliphatic carbocycles. The van der Waals surface area contributed by atoms with Gasteiger partial charge >= 0.3 is 5.97 Å². The van der Waals surface area contributed by atoms with E-state index in [4.69, 9.17) is 4.98 Å². The van der Waals surface area contributed by atoms with E-state index in [1.54, 1.807) is 12.1 Å². The van der Waals surface area contributed by atoms with Crippen LogP contribution in [0.2, 0.25) is 0 Å². The Morgan fingerprint density at radius 3 is 2.53 bits per heavy atom.